The number of hydrogen-bond donors (Lipinski definition) is 6. The van der Waals surface area contributed by atoms with E-state index >= 15 is 0 Å². The molecule has 248 valence electrons. The smallest absolute Gasteiger partial charge is 0.230 e. The molecule has 48 heavy (non-hydrogen) atoms. The van der Waals surface area contributed by atoms with Gasteiger partial charge in [-0.15, -0.1) is 0 Å². The van der Waals surface area contributed by atoms with E-state index in [-0.39, 0.29) is 30.2 Å². The Morgan fingerprint density at radius 2 is 1.23 bits per heavy atom. The zero-order chi connectivity index (χ0) is 33.3. The van der Waals surface area contributed by atoms with Gasteiger partial charge < -0.3 is 15.4 Å². The Kier molecular flexibility index (Phi) is 10.3. The van der Waals surface area contributed by atoms with Crippen molar-refractivity contribution in [1.82, 2.24) is 34.9 Å². The van der Waals surface area contributed by atoms with E-state index in [1.807, 2.05) is 78.9 Å². The third kappa shape index (κ3) is 8.36. The maximum Gasteiger partial charge on any atom is 0.230 e. The topological polar surface area (TPSA) is 194 Å². The molecule has 1 saturated heterocycles. The molecule has 3 heterocycles. The summed E-state index contributed by atoms with van der Waals surface area (Å²) in [6.45, 7) is 1.99. The maximum absolute atomic E-state index is 12.6. The molecule has 1 aliphatic heterocycles. The number of ether oxygens (including phenoxy) is 1. The number of aryl methyl sites for hydroxylation is 2. The molecule has 15 heteroatoms. The summed E-state index contributed by atoms with van der Waals surface area (Å²) in [6, 6.07) is 25.2. The van der Waals surface area contributed by atoms with Crippen LogP contribution in [0.1, 0.15) is 17.0 Å². The molecule has 5 aromatic rings. The average molecular weight is 668 g/mol. The monoisotopic (exact) mass is 667 g/mol. The summed E-state index contributed by atoms with van der Waals surface area (Å²) in [5.74, 6) is 0.388. The fourth-order valence-electron chi connectivity index (χ4n) is 5.37. The maximum atomic E-state index is 12.6. The minimum atomic E-state index is -3.46. The van der Waals surface area contributed by atoms with Crippen molar-refractivity contribution in [3.63, 3.8) is 0 Å². The largest absolute Gasteiger partial charge is 0.379 e. The molecule has 0 radical (unpaired) electrons. The van der Waals surface area contributed by atoms with E-state index in [9.17, 15) is 8.42 Å². The van der Waals surface area contributed by atoms with Gasteiger partial charge in [0.1, 0.15) is 0 Å². The van der Waals surface area contributed by atoms with Crippen LogP contribution in [-0.2, 0) is 34.1 Å². The number of nitrogens with one attached hydrogen (secondary N) is 6. The van der Waals surface area contributed by atoms with Crippen LogP contribution in [0.4, 0.5) is 11.9 Å². The first-order valence-electron chi connectivity index (χ1n) is 15.6. The number of hydrogen-bond acceptors (Lipinski definition) is 9. The highest BCUT2D eigenvalue weighted by Gasteiger charge is 2.24. The third-order valence-corrected chi connectivity index (χ3v) is 9.65. The third-order valence-electron chi connectivity index (χ3n) is 7.77. The second-order valence-corrected chi connectivity index (χ2v) is 13.2. The quantitative estimate of drug-likeness (QED) is 0.0895. The van der Waals surface area contributed by atoms with Crippen LogP contribution in [0.15, 0.2) is 78.9 Å². The number of morpholine rings is 1. The molecular weight excluding hydrogens is 631 g/mol. The second kappa shape index (κ2) is 15.1. The van der Waals surface area contributed by atoms with Gasteiger partial charge in [-0.3, -0.25) is 21.5 Å². The first kappa shape index (κ1) is 32.7. The molecule has 0 bridgehead atoms. The molecule has 0 unspecified atom stereocenters. The van der Waals surface area contributed by atoms with Crippen LogP contribution in [0.5, 0.6) is 0 Å². The summed E-state index contributed by atoms with van der Waals surface area (Å²) in [5, 5.41) is 30.3. The lowest BCUT2D eigenvalue weighted by Crippen LogP contribution is -2.44. The fourth-order valence-corrected chi connectivity index (χ4v) is 6.70. The molecule has 6 rings (SSSR count). The summed E-state index contributed by atoms with van der Waals surface area (Å²) in [7, 11) is -3.46. The van der Waals surface area contributed by atoms with Crippen LogP contribution in [0.2, 0.25) is 0 Å². The van der Waals surface area contributed by atoms with Crippen molar-refractivity contribution in [1.29, 1.82) is 10.8 Å². The van der Waals surface area contributed by atoms with Gasteiger partial charge in [-0.25, -0.2) is 28.4 Å². The van der Waals surface area contributed by atoms with E-state index in [0.717, 1.165) is 33.2 Å². The van der Waals surface area contributed by atoms with Crippen LogP contribution in [0.3, 0.4) is 0 Å². The molecule has 14 nitrogen and oxygen atoms in total. The number of rotatable bonds is 11. The van der Waals surface area contributed by atoms with Crippen LogP contribution in [-0.4, -0.2) is 83.2 Å². The van der Waals surface area contributed by atoms with Crippen LogP contribution >= 0.6 is 0 Å². The second-order valence-electron chi connectivity index (χ2n) is 11.1. The summed E-state index contributed by atoms with van der Waals surface area (Å²) in [4.78, 5) is 18.7. The first-order chi connectivity index (χ1) is 23.3. The lowest BCUT2D eigenvalue weighted by Gasteiger charge is -2.26. The summed E-state index contributed by atoms with van der Waals surface area (Å²) in [5.41, 5.74) is 4.08. The lowest BCUT2D eigenvalue weighted by molar-refractivity contribution is 0.0730. The Labute approximate surface area is 278 Å². The number of benzene rings is 3. The molecule has 1 fully saturated rings. The minimum absolute atomic E-state index is 0.0579. The summed E-state index contributed by atoms with van der Waals surface area (Å²) in [6.07, 6.45) is 1.04. The molecule has 6 N–H and O–H groups in total. The van der Waals surface area contributed by atoms with E-state index in [2.05, 4.69) is 31.2 Å². The lowest BCUT2D eigenvalue weighted by atomic mass is 10.1. The number of fused-ring (bicyclic) bond motifs is 2. The minimum Gasteiger partial charge on any atom is -0.379 e. The van der Waals surface area contributed by atoms with Gasteiger partial charge in [0.25, 0.3) is 0 Å². The van der Waals surface area contributed by atoms with E-state index < -0.39 is 10.0 Å². The Morgan fingerprint density at radius 3 is 1.81 bits per heavy atom. The van der Waals surface area contributed by atoms with Gasteiger partial charge >= 0.3 is 0 Å². The predicted molar refractivity (Wildman–Crippen MR) is 187 cm³/mol. The van der Waals surface area contributed by atoms with Crippen molar-refractivity contribution in [2.75, 3.05) is 49.2 Å². The van der Waals surface area contributed by atoms with Crippen LogP contribution in [0, 0.1) is 10.8 Å². The number of para-hydroxylation sites is 2. The molecule has 0 saturated carbocycles. The zero-order valence-corrected chi connectivity index (χ0v) is 27.1. The van der Waals surface area contributed by atoms with Crippen LogP contribution < -0.4 is 21.3 Å². The SMILES string of the molecule is N=C(NCCS(=O)(=O)N1CCOCC1)Nc1nc(CCc2nc(NC(=N)NCc3ccccc3)nc3ccccc23)c2ccccc2n1. The van der Waals surface area contributed by atoms with Crippen LogP contribution in [0.25, 0.3) is 21.8 Å². The van der Waals surface area contributed by atoms with Gasteiger partial charge in [0.05, 0.1) is 41.4 Å². The highest BCUT2D eigenvalue weighted by atomic mass is 32.2. The zero-order valence-electron chi connectivity index (χ0n) is 26.2. The van der Waals surface area contributed by atoms with Gasteiger partial charge in [0.15, 0.2) is 11.9 Å². The normalized spacial score (nSPS) is 13.7. The molecule has 0 atom stereocenters. The van der Waals surface area contributed by atoms with Gasteiger partial charge in [-0.1, -0.05) is 66.7 Å². The number of aromatic nitrogens is 4. The standard InChI is InChI=1S/C33H37N11O3S/c34-30(36-16-21-48(45,46)44-17-19-47-20-18-44)42-32-38-26-12-6-4-10-24(26)28(40-32)14-15-29-25-11-5-7-13-27(25)39-33(41-29)43-31(35)37-22-23-8-2-1-3-9-23/h1-13H,14-22H2,(H3,34,36,38,40,42)(H3,35,37,39,41,43). The Morgan fingerprint density at radius 1 is 0.708 bits per heavy atom. The Balaban J connectivity index is 1.14. The van der Waals surface area contributed by atoms with E-state index in [1.165, 1.54) is 4.31 Å². The average Bonchev–Trinajstić information content (AvgIpc) is 3.10. The Hall–Kier alpha value is -5.25. The number of anilines is 2. The van der Waals surface area contributed by atoms with Crippen molar-refractivity contribution in [3.8, 4) is 0 Å². The number of sulfonamides is 1. The van der Waals surface area contributed by atoms with Crippen molar-refractivity contribution >= 4 is 55.6 Å². The molecule has 1 aliphatic rings. The number of nitrogens with zero attached hydrogens (tertiary/aromatic N) is 5. The highest BCUT2D eigenvalue weighted by Crippen LogP contribution is 2.23. The molecule has 0 amide bonds. The molecule has 3 aromatic carbocycles. The van der Waals surface area contributed by atoms with E-state index in [1.54, 1.807) is 0 Å². The van der Waals surface area contributed by atoms with Gasteiger partial charge in [-0.05, 0) is 30.5 Å². The highest BCUT2D eigenvalue weighted by molar-refractivity contribution is 7.89. The van der Waals surface area contributed by atoms with Crippen molar-refractivity contribution in [2.24, 2.45) is 0 Å². The van der Waals surface area contributed by atoms with E-state index in [0.29, 0.717) is 57.2 Å². The van der Waals surface area contributed by atoms with Gasteiger partial charge in [0, 0.05) is 37.0 Å². The molecule has 0 spiro atoms. The number of guanidine groups is 2. The Bertz CT molecular complexity index is 2020. The van der Waals surface area contributed by atoms with E-state index in [4.69, 9.17) is 25.5 Å². The van der Waals surface area contributed by atoms with Gasteiger partial charge in [0.2, 0.25) is 21.9 Å². The molecule has 2 aromatic heterocycles. The summed E-state index contributed by atoms with van der Waals surface area (Å²) >= 11 is 0. The van der Waals surface area contributed by atoms with Crippen molar-refractivity contribution in [3.05, 3.63) is 95.8 Å². The molecule has 0 aliphatic carbocycles. The molecular formula is C33H37N11O3S. The summed E-state index contributed by atoms with van der Waals surface area (Å²) < 4.78 is 31.9. The first-order valence-corrected chi connectivity index (χ1v) is 17.2. The van der Waals surface area contributed by atoms with Crippen molar-refractivity contribution in [2.45, 2.75) is 19.4 Å². The van der Waals surface area contributed by atoms with Gasteiger partial charge in [-0.2, -0.15) is 4.31 Å². The fraction of sp³-hybridized carbons (Fsp3) is 0.273. The van der Waals surface area contributed by atoms with Crippen molar-refractivity contribution < 1.29 is 13.2 Å². The predicted octanol–water partition coefficient (Wildman–Crippen LogP) is 3.09.